The molecule has 2 unspecified atom stereocenters. The molecule has 0 spiro atoms. The Balaban J connectivity index is 1.65. The topological polar surface area (TPSA) is 94.8 Å². The maximum absolute atomic E-state index is 13.1. The minimum absolute atomic E-state index is 0.0393. The van der Waals surface area contributed by atoms with Crippen molar-refractivity contribution in [2.45, 2.75) is 44.8 Å². The van der Waals surface area contributed by atoms with Crippen LogP contribution in [0.5, 0.6) is 0 Å². The molecule has 144 valence electrons. The highest BCUT2D eigenvalue weighted by molar-refractivity contribution is 5.82. The molecule has 7 nitrogen and oxygen atoms in total. The number of amides is 1. The van der Waals surface area contributed by atoms with Crippen LogP contribution < -0.4 is 10.9 Å². The molecule has 1 aliphatic rings. The van der Waals surface area contributed by atoms with Gasteiger partial charge in [-0.05, 0) is 37.5 Å². The van der Waals surface area contributed by atoms with Gasteiger partial charge in [0.15, 0.2) is 0 Å². The average molecular weight is 371 g/mol. The Bertz CT molecular complexity index is 775. The molecule has 1 aromatic carbocycles. The zero-order valence-electron chi connectivity index (χ0n) is 15.4. The molecule has 1 aromatic heterocycles. The molecule has 1 fully saturated rings. The highest BCUT2D eigenvalue weighted by Crippen LogP contribution is 2.25. The summed E-state index contributed by atoms with van der Waals surface area (Å²) in [6.45, 7) is 2.75. The van der Waals surface area contributed by atoms with E-state index in [1.165, 1.54) is 0 Å². The molecule has 0 bridgehead atoms. The van der Waals surface area contributed by atoms with E-state index in [4.69, 9.17) is 9.52 Å². The molecular weight excluding hydrogens is 346 g/mol. The molecule has 1 saturated heterocycles. The molecule has 0 aliphatic carbocycles. The molecule has 3 N–H and O–H groups in total. The molecule has 27 heavy (non-hydrogen) atoms. The Hall–Kier alpha value is -2.64. The molecule has 7 heteroatoms. The van der Waals surface area contributed by atoms with Crippen LogP contribution in [0, 0.1) is 6.92 Å². The number of nitrogens with one attached hydrogen (secondary N) is 2. The average Bonchev–Trinajstić information content (AvgIpc) is 3.30. The lowest BCUT2D eigenvalue weighted by atomic mass is 10.1. The van der Waals surface area contributed by atoms with Gasteiger partial charge in [-0.2, -0.15) is 0 Å². The summed E-state index contributed by atoms with van der Waals surface area (Å²) in [7, 11) is 0. The number of hydrazine groups is 1. The number of carbonyl (C=O) groups is 2. The smallest absolute Gasteiger partial charge is 0.303 e. The Labute approximate surface area is 158 Å². The monoisotopic (exact) mass is 371 g/mol. The van der Waals surface area contributed by atoms with Crippen LogP contribution in [0.3, 0.4) is 0 Å². The van der Waals surface area contributed by atoms with Crippen LogP contribution >= 0.6 is 0 Å². The zero-order chi connectivity index (χ0) is 19.2. The standard InChI is InChI=1S/C20H25N3O4/c1-14-9-10-18(27-14)16-12-17(22-21-16)20(26)23(11-5-8-19(24)25)13-15-6-3-2-4-7-15/h2-4,6-7,9-10,16-17,21-22H,5,8,11-13H2,1H3,(H,24,25). The third-order valence-electron chi connectivity index (χ3n) is 4.65. The van der Waals surface area contributed by atoms with Crippen LogP contribution in [-0.2, 0) is 16.1 Å². The van der Waals surface area contributed by atoms with Crippen LogP contribution in [-0.4, -0.2) is 34.5 Å². The van der Waals surface area contributed by atoms with Crippen molar-refractivity contribution in [3.05, 3.63) is 59.5 Å². The lowest BCUT2D eigenvalue weighted by molar-refractivity contribution is -0.138. The van der Waals surface area contributed by atoms with Gasteiger partial charge in [0.25, 0.3) is 0 Å². The second kappa shape index (κ2) is 8.83. The number of nitrogens with zero attached hydrogens (tertiary/aromatic N) is 1. The Morgan fingerprint density at radius 3 is 2.63 bits per heavy atom. The van der Waals surface area contributed by atoms with E-state index in [9.17, 15) is 9.59 Å². The first kappa shape index (κ1) is 19.1. The number of carboxylic acids is 1. The zero-order valence-corrected chi connectivity index (χ0v) is 15.4. The van der Waals surface area contributed by atoms with Crippen LogP contribution in [0.2, 0.25) is 0 Å². The van der Waals surface area contributed by atoms with Crippen molar-refractivity contribution in [2.24, 2.45) is 0 Å². The summed E-state index contributed by atoms with van der Waals surface area (Å²) >= 11 is 0. The minimum atomic E-state index is -0.851. The van der Waals surface area contributed by atoms with Crippen LogP contribution in [0.4, 0.5) is 0 Å². The number of hydrogen-bond acceptors (Lipinski definition) is 5. The van der Waals surface area contributed by atoms with Gasteiger partial charge in [0.1, 0.15) is 17.6 Å². The molecule has 2 heterocycles. The number of aryl methyl sites for hydroxylation is 1. The predicted octanol–water partition coefficient (Wildman–Crippen LogP) is 2.39. The van der Waals surface area contributed by atoms with Gasteiger partial charge in [0, 0.05) is 19.5 Å². The van der Waals surface area contributed by atoms with Crippen molar-refractivity contribution in [1.29, 1.82) is 0 Å². The van der Waals surface area contributed by atoms with Crippen molar-refractivity contribution in [2.75, 3.05) is 6.54 Å². The summed E-state index contributed by atoms with van der Waals surface area (Å²) in [4.78, 5) is 25.6. The van der Waals surface area contributed by atoms with E-state index in [0.29, 0.717) is 25.9 Å². The number of benzene rings is 1. The van der Waals surface area contributed by atoms with Crippen LogP contribution in [0.15, 0.2) is 46.9 Å². The summed E-state index contributed by atoms with van der Waals surface area (Å²) in [5.74, 6) is 0.746. The molecular formula is C20H25N3O4. The summed E-state index contributed by atoms with van der Waals surface area (Å²) in [5.41, 5.74) is 7.21. The molecule has 1 aliphatic heterocycles. The van der Waals surface area contributed by atoms with Crippen molar-refractivity contribution in [1.82, 2.24) is 15.8 Å². The normalized spacial score (nSPS) is 19.1. The van der Waals surface area contributed by atoms with Gasteiger partial charge in [0.05, 0.1) is 6.04 Å². The SMILES string of the molecule is Cc1ccc(C2CC(C(=O)N(CCCC(=O)O)Cc3ccccc3)NN2)o1. The van der Waals surface area contributed by atoms with Crippen molar-refractivity contribution in [3.63, 3.8) is 0 Å². The minimum Gasteiger partial charge on any atom is -0.481 e. The second-order valence-corrected chi connectivity index (χ2v) is 6.82. The summed E-state index contributed by atoms with van der Waals surface area (Å²) in [5, 5.41) is 8.89. The van der Waals surface area contributed by atoms with Gasteiger partial charge in [-0.25, -0.2) is 10.9 Å². The molecule has 2 aromatic rings. The third kappa shape index (κ3) is 5.18. The van der Waals surface area contributed by atoms with Gasteiger partial charge in [0.2, 0.25) is 5.91 Å². The van der Waals surface area contributed by atoms with E-state index in [1.54, 1.807) is 4.90 Å². The lowest BCUT2D eigenvalue weighted by Gasteiger charge is -2.25. The highest BCUT2D eigenvalue weighted by Gasteiger charge is 2.34. The second-order valence-electron chi connectivity index (χ2n) is 6.82. The molecule has 0 radical (unpaired) electrons. The molecule has 3 rings (SSSR count). The van der Waals surface area contributed by atoms with E-state index >= 15 is 0 Å². The first-order chi connectivity index (χ1) is 13.0. The van der Waals surface area contributed by atoms with E-state index in [-0.39, 0.29) is 24.4 Å². The maximum Gasteiger partial charge on any atom is 0.303 e. The highest BCUT2D eigenvalue weighted by atomic mass is 16.4. The van der Waals surface area contributed by atoms with Gasteiger partial charge < -0.3 is 14.4 Å². The fraction of sp³-hybridized carbons (Fsp3) is 0.400. The predicted molar refractivity (Wildman–Crippen MR) is 99.6 cm³/mol. The number of rotatable bonds is 8. The van der Waals surface area contributed by atoms with E-state index in [2.05, 4.69) is 10.9 Å². The largest absolute Gasteiger partial charge is 0.481 e. The van der Waals surface area contributed by atoms with Crippen molar-refractivity contribution in [3.8, 4) is 0 Å². The van der Waals surface area contributed by atoms with E-state index in [1.807, 2.05) is 49.4 Å². The van der Waals surface area contributed by atoms with E-state index in [0.717, 1.165) is 17.1 Å². The van der Waals surface area contributed by atoms with Crippen LogP contribution in [0.1, 0.15) is 42.4 Å². The maximum atomic E-state index is 13.1. The number of furan rings is 1. The fourth-order valence-corrected chi connectivity index (χ4v) is 3.26. The van der Waals surface area contributed by atoms with Gasteiger partial charge >= 0.3 is 5.97 Å². The van der Waals surface area contributed by atoms with Gasteiger partial charge in [-0.15, -0.1) is 0 Å². The Morgan fingerprint density at radius 2 is 1.96 bits per heavy atom. The van der Waals surface area contributed by atoms with Crippen molar-refractivity contribution < 1.29 is 19.1 Å². The van der Waals surface area contributed by atoms with Gasteiger partial charge in [-0.1, -0.05) is 30.3 Å². The Kier molecular flexibility index (Phi) is 6.26. The number of carbonyl (C=O) groups excluding carboxylic acids is 1. The molecule has 2 atom stereocenters. The number of carboxylic acid groups (broad SMARTS) is 1. The number of hydrogen-bond donors (Lipinski definition) is 3. The summed E-state index contributed by atoms with van der Waals surface area (Å²) in [6, 6.07) is 13.1. The Morgan fingerprint density at radius 1 is 1.19 bits per heavy atom. The third-order valence-corrected chi connectivity index (χ3v) is 4.65. The lowest BCUT2D eigenvalue weighted by Crippen LogP contribution is -2.45. The molecule has 0 saturated carbocycles. The van der Waals surface area contributed by atoms with Crippen LogP contribution in [0.25, 0.3) is 0 Å². The number of aliphatic carboxylic acids is 1. The quantitative estimate of drug-likeness (QED) is 0.660. The molecule has 1 amide bonds. The summed E-state index contributed by atoms with van der Waals surface area (Å²) < 4.78 is 5.65. The van der Waals surface area contributed by atoms with Gasteiger partial charge in [-0.3, -0.25) is 9.59 Å². The van der Waals surface area contributed by atoms with Crippen molar-refractivity contribution >= 4 is 11.9 Å². The van der Waals surface area contributed by atoms with E-state index < -0.39 is 5.97 Å². The fourth-order valence-electron chi connectivity index (χ4n) is 3.26. The summed E-state index contributed by atoms with van der Waals surface area (Å²) in [6.07, 6.45) is 1.05. The first-order valence-electron chi connectivity index (χ1n) is 9.15. The first-order valence-corrected chi connectivity index (χ1v) is 9.15.